The van der Waals surface area contributed by atoms with Crippen molar-refractivity contribution in [1.82, 2.24) is 4.57 Å². The summed E-state index contributed by atoms with van der Waals surface area (Å²) in [5.74, 6) is 0. The van der Waals surface area contributed by atoms with Crippen LogP contribution in [0.15, 0.2) is 54.6 Å². The number of hydrogen-bond donors (Lipinski definition) is 0. The van der Waals surface area contributed by atoms with Crippen LogP contribution in [0.5, 0.6) is 0 Å². The van der Waals surface area contributed by atoms with Gasteiger partial charge in [-0.2, -0.15) is 0 Å². The van der Waals surface area contributed by atoms with E-state index in [2.05, 4.69) is 104 Å². The normalized spacial score (nSPS) is 11.0. The number of halogens is 2. The van der Waals surface area contributed by atoms with Crippen molar-refractivity contribution in [3.05, 3.63) is 67.4 Å². The highest BCUT2D eigenvalue weighted by Crippen LogP contribution is 2.29. The third-order valence-corrected chi connectivity index (χ3v) is 6.28. The van der Waals surface area contributed by atoms with E-state index >= 15 is 0 Å². The van der Waals surface area contributed by atoms with Crippen molar-refractivity contribution in [2.45, 2.75) is 6.54 Å². The summed E-state index contributed by atoms with van der Waals surface area (Å²) in [5, 5.41) is 1.35. The fourth-order valence-electron chi connectivity index (χ4n) is 2.15. The fourth-order valence-corrected chi connectivity index (χ4v) is 3.62. The van der Waals surface area contributed by atoms with E-state index in [1.54, 1.807) is 0 Å². The lowest BCUT2D eigenvalue weighted by Gasteiger charge is -2.07. The molecule has 0 saturated carbocycles. The van der Waals surface area contributed by atoms with Crippen LogP contribution < -0.4 is 0 Å². The minimum Gasteiger partial charge on any atom is -0.331 e. The first-order valence-corrected chi connectivity index (χ1v) is 7.89. The van der Waals surface area contributed by atoms with E-state index in [9.17, 15) is 0 Å². The molecule has 0 unspecified atom stereocenters. The van der Waals surface area contributed by atoms with Gasteiger partial charge in [0.05, 0.1) is 12.8 Å². The van der Waals surface area contributed by atoms with Crippen LogP contribution in [-0.4, -0.2) is 4.57 Å². The van der Waals surface area contributed by atoms with Gasteiger partial charge in [0, 0.05) is 11.9 Å². The van der Waals surface area contributed by atoms with Gasteiger partial charge in [0.25, 0.3) is 0 Å². The van der Waals surface area contributed by atoms with Gasteiger partial charge in [0.2, 0.25) is 0 Å². The quantitative estimate of drug-likeness (QED) is 0.481. The molecule has 0 aliphatic heterocycles. The van der Waals surface area contributed by atoms with Crippen LogP contribution in [-0.2, 0) is 6.54 Å². The van der Waals surface area contributed by atoms with E-state index < -0.39 is 0 Å². The Morgan fingerprint density at radius 3 is 2.28 bits per heavy atom. The van der Waals surface area contributed by atoms with Crippen molar-refractivity contribution in [3.8, 4) is 0 Å². The fraction of sp³-hybridized carbons (Fsp3) is 0.0667. The molecule has 3 rings (SSSR count). The number of para-hydroxylation sites is 1. The molecule has 1 heterocycles. The van der Waals surface area contributed by atoms with Gasteiger partial charge in [0.1, 0.15) is 0 Å². The molecule has 0 aliphatic carbocycles. The standard InChI is InChI=1S/C15H11I2N/c16-14-12-8-4-5-9-13(12)18(15(14)17)10-11-6-2-1-3-7-11/h1-9H,10H2. The van der Waals surface area contributed by atoms with Crippen LogP contribution in [0.3, 0.4) is 0 Å². The highest BCUT2D eigenvalue weighted by Gasteiger charge is 2.12. The number of aromatic nitrogens is 1. The Morgan fingerprint density at radius 2 is 1.50 bits per heavy atom. The molecule has 3 aromatic rings. The van der Waals surface area contributed by atoms with Crippen molar-refractivity contribution < 1.29 is 0 Å². The third-order valence-electron chi connectivity index (χ3n) is 3.03. The first-order chi connectivity index (χ1) is 8.77. The highest BCUT2D eigenvalue weighted by atomic mass is 127. The number of benzene rings is 2. The molecule has 0 saturated heterocycles. The molecule has 18 heavy (non-hydrogen) atoms. The number of nitrogens with zero attached hydrogens (tertiary/aromatic N) is 1. The Kier molecular flexibility index (Phi) is 3.61. The molecule has 90 valence electrons. The summed E-state index contributed by atoms with van der Waals surface area (Å²) in [5.41, 5.74) is 2.66. The SMILES string of the molecule is Ic1c(I)n(Cc2ccccc2)c2ccccc12. The van der Waals surface area contributed by atoms with Crippen molar-refractivity contribution in [2.75, 3.05) is 0 Å². The van der Waals surface area contributed by atoms with Gasteiger partial charge >= 0.3 is 0 Å². The van der Waals surface area contributed by atoms with Crippen molar-refractivity contribution >= 4 is 56.1 Å². The van der Waals surface area contributed by atoms with Crippen molar-refractivity contribution in [2.24, 2.45) is 0 Å². The Balaban J connectivity index is 2.15. The van der Waals surface area contributed by atoms with E-state index in [4.69, 9.17) is 0 Å². The molecule has 0 aliphatic rings. The van der Waals surface area contributed by atoms with Crippen LogP contribution in [0.4, 0.5) is 0 Å². The van der Waals surface area contributed by atoms with Gasteiger partial charge in [-0.05, 0) is 56.8 Å². The largest absolute Gasteiger partial charge is 0.331 e. The molecule has 0 fully saturated rings. The average Bonchev–Trinajstić information content (AvgIpc) is 2.66. The monoisotopic (exact) mass is 459 g/mol. The topological polar surface area (TPSA) is 4.93 Å². The van der Waals surface area contributed by atoms with Gasteiger partial charge in [-0.25, -0.2) is 0 Å². The van der Waals surface area contributed by atoms with Crippen LogP contribution in [0.2, 0.25) is 0 Å². The summed E-state index contributed by atoms with van der Waals surface area (Å²) in [7, 11) is 0. The maximum Gasteiger partial charge on any atom is 0.0947 e. The zero-order valence-corrected chi connectivity index (χ0v) is 13.9. The van der Waals surface area contributed by atoms with Crippen molar-refractivity contribution in [1.29, 1.82) is 0 Å². The molecule has 0 radical (unpaired) electrons. The molecule has 0 amide bonds. The summed E-state index contributed by atoms with van der Waals surface area (Å²) >= 11 is 4.88. The maximum absolute atomic E-state index is 2.44. The van der Waals surface area contributed by atoms with Gasteiger partial charge in [-0.3, -0.25) is 0 Å². The van der Waals surface area contributed by atoms with E-state index in [1.807, 2.05) is 0 Å². The molecule has 0 bridgehead atoms. The number of fused-ring (bicyclic) bond motifs is 1. The Hall–Kier alpha value is -0.560. The molecule has 1 aromatic heterocycles. The molecule has 0 spiro atoms. The van der Waals surface area contributed by atoms with E-state index in [-0.39, 0.29) is 0 Å². The van der Waals surface area contributed by atoms with Gasteiger partial charge in [0.15, 0.2) is 0 Å². The van der Waals surface area contributed by atoms with Crippen LogP contribution in [0, 0.1) is 7.27 Å². The lowest BCUT2D eigenvalue weighted by atomic mass is 10.2. The molecule has 2 aromatic carbocycles. The molecular formula is C15H11I2N. The molecule has 3 heteroatoms. The second-order valence-electron chi connectivity index (χ2n) is 4.19. The zero-order chi connectivity index (χ0) is 12.5. The summed E-state index contributed by atoms with van der Waals surface area (Å²) < 4.78 is 5.05. The number of hydrogen-bond acceptors (Lipinski definition) is 0. The predicted molar refractivity (Wildman–Crippen MR) is 92.9 cm³/mol. The molecular weight excluding hydrogens is 448 g/mol. The summed E-state index contributed by atoms with van der Waals surface area (Å²) in [6.45, 7) is 0.933. The second kappa shape index (κ2) is 5.21. The van der Waals surface area contributed by atoms with Crippen LogP contribution >= 0.6 is 45.2 Å². The van der Waals surface area contributed by atoms with E-state index in [0.717, 1.165) is 6.54 Å². The predicted octanol–water partition coefficient (Wildman–Crippen LogP) is 4.90. The summed E-state index contributed by atoms with van der Waals surface area (Å²) in [4.78, 5) is 0. The second-order valence-corrected chi connectivity index (χ2v) is 6.29. The minimum atomic E-state index is 0.933. The Labute approximate surface area is 133 Å². The summed E-state index contributed by atoms with van der Waals surface area (Å²) in [6, 6.07) is 19.2. The molecule has 0 atom stereocenters. The zero-order valence-electron chi connectivity index (χ0n) is 9.61. The third kappa shape index (κ3) is 2.18. The van der Waals surface area contributed by atoms with Crippen LogP contribution in [0.1, 0.15) is 5.56 Å². The minimum absolute atomic E-state index is 0.933. The van der Waals surface area contributed by atoms with Crippen molar-refractivity contribution in [3.63, 3.8) is 0 Å². The van der Waals surface area contributed by atoms with Crippen LogP contribution in [0.25, 0.3) is 10.9 Å². The molecule has 1 nitrogen and oxygen atoms in total. The van der Waals surface area contributed by atoms with Gasteiger partial charge in [-0.1, -0.05) is 48.5 Å². The lowest BCUT2D eigenvalue weighted by Crippen LogP contribution is -2.01. The van der Waals surface area contributed by atoms with E-state index in [0.29, 0.717) is 0 Å². The Morgan fingerprint density at radius 1 is 0.833 bits per heavy atom. The number of rotatable bonds is 2. The lowest BCUT2D eigenvalue weighted by molar-refractivity contribution is 0.812. The first kappa shape index (κ1) is 12.5. The Bertz CT molecular complexity index is 686. The summed E-state index contributed by atoms with van der Waals surface area (Å²) in [6.07, 6.45) is 0. The molecule has 0 N–H and O–H groups in total. The van der Waals surface area contributed by atoms with E-state index in [1.165, 1.54) is 23.7 Å². The smallest absolute Gasteiger partial charge is 0.0947 e. The van der Waals surface area contributed by atoms with Gasteiger partial charge in [-0.15, -0.1) is 0 Å². The highest BCUT2D eigenvalue weighted by molar-refractivity contribution is 14.1. The average molecular weight is 459 g/mol. The first-order valence-electron chi connectivity index (χ1n) is 5.73. The van der Waals surface area contributed by atoms with Gasteiger partial charge < -0.3 is 4.57 Å². The maximum atomic E-state index is 2.44.